The number of pyridine rings is 1. The van der Waals surface area contributed by atoms with Gasteiger partial charge in [-0.25, -0.2) is 8.42 Å². The van der Waals surface area contributed by atoms with Gasteiger partial charge in [0.1, 0.15) is 11.5 Å². The van der Waals surface area contributed by atoms with Crippen molar-refractivity contribution in [2.24, 2.45) is 5.92 Å². The lowest BCUT2D eigenvalue weighted by molar-refractivity contribution is 0.186. The zero-order chi connectivity index (χ0) is 20.9. The van der Waals surface area contributed by atoms with E-state index in [0.717, 1.165) is 12.1 Å². The quantitative estimate of drug-likeness (QED) is 0.641. The molecular weight excluding hydrogens is 404 g/mol. The van der Waals surface area contributed by atoms with E-state index in [4.69, 9.17) is 9.15 Å². The number of furan rings is 1. The Kier molecular flexibility index (Phi) is 4.56. The number of methoxy groups -OCH3 is 1. The summed E-state index contributed by atoms with van der Waals surface area (Å²) in [5.41, 5.74) is 1.34. The number of sulfonamides is 1. The van der Waals surface area contributed by atoms with Crippen molar-refractivity contribution in [2.45, 2.75) is 23.8 Å². The van der Waals surface area contributed by atoms with Crippen LogP contribution >= 0.6 is 0 Å². The van der Waals surface area contributed by atoms with Crippen LogP contribution in [0.5, 0.6) is 5.75 Å². The molecule has 0 unspecified atom stereocenters. The number of hydrogen-bond acceptors (Lipinski definition) is 5. The second-order valence-corrected chi connectivity index (χ2v) is 9.80. The average Bonchev–Trinajstić information content (AvgIpc) is 3.29. The van der Waals surface area contributed by atoms with E-state index in [0.29, 0.717) is 36.7 Å². The Labute approximate surface area is 174 Å². The Bertz CT molecular complexity index is 1230. The summed E-state index contributed by atoms with van der Waals surface area (Å²) in [5, 5.41) is 0. The molecule has 0 N–H and O–H groups in total. The van der Waals surface area contributed by atoms with Crippen molar-refractivity contribution in [3.8, 4) is 17.1 Å². The Morgan fingerprint density at radius 1 is 1.03 bits per heavy atom. The van der Waals surface area contributed by atoms with E-state index < -0.39 is 10.0 Å². The van der Waals surface area contributed by atoms with Crippen molar-refractivity contribution < 1.29 is 17.6 Å². The largest absolute Gasteiger partial charge is 0.497 e. The van der Waals surface area contributed by atoms with Gasteiger partial charge in [-0.3, -0.25) is 4.79 Å². The highest BCUT2D eigenvalue weighted by molar-refractivity contribution is 7.89. The van der Waals surface area contributed by atoms with E-state index in [2.05, 4.69) is 0 Å². The zero-order valence-electron chi connectivity index (χ0n) is 16.5. The average molecular weight is 426 g/mol. The van der Waals surface area contributed by atoms with Crippen molar-refractivity contribution in [3.63, 3.8) is 0 Å². The number of piperidine rings is 1. The Hall–Kier alpha value is -2.84. The normalized spacial score (nSPS) is 21.2. The van der Waals surface area contributed by atoms with E-state index >= 15 is 0 Å². The maximum Gasteiger partial charge on any atom is 0.261 e. The molecule has 2 aliphatic heterocycles. The van der Waals surface area contributed by atoms with Crippen molar-refractivity contribution in [3.05, 3.63) is 70.8 Å². The minimum Gasteiger partial charge on any atom is -0.497 e. The molecular formula is C22H22N2O5S. The number of rotatable bonds is 4. The van der Waals surface area contributed by atoms with Gasteiger partial charge in [-0.2, -0.15) is 4.31 Å². The summed E-state index contributed by atoms with van der Waals surface area (Å²) < 4.78 is 40.3. The summed E-state index contributed by atoms with van der Waals surface area (Å²) in [6, 6.07) is 13.7. The minimum absolute atomic E-state index is 0.0103. The number of ether oxygens (including phenoxy) is 1. The molecule has 7 nitrogen and oxygen atoms in total. The summed E-state index contributed by atoms with van der Waals surface area (Å²) >= 11 is 0. The van der Waals surface area contributed by atoms with Gasteiger partial charge in [0.2, 0.25) is 10.0 Å². The monoisotopic (exact) mass is 426 g/mol. The van der Waals surface area contributed by atoms with E-state index in [1.807, 2.05) is 6.07 Å². The van der Waals surface area contributed by atoms with Crippen LogP contribution in [0.25, 0.3) is 11.3 Å². The standard InChI is InChI=1S/C22H22N2O5S/c1-28-17-4-6-18(7-5-17)30(26,27)23-12-15-11-16(14-23)20-9-8-19(21-3-2-10-29-21)22(25)24(20)13-15/h2-10,15-16H,11-14H2,1H3/t15-,16-/m1/s1. The number of hydrogen-bond donors (Lipinski definition) is 0. The predicted octanol–water partition coefficient (Wildman–Crippen LogP) is 2.92. The van der Waals surface area contributed by atoms with Gasteiger partial charge in [0.15, 0.2) is 0 Å². The molecule has 0 saturated carbocycles. The molecule has 2 aliphatic rings. The van der Waals surface area contributed by atoms with Crippen LogP contribution in [-0.2, 0) is 16.6 Å². The van der Waals surface area contributed by atoms with E-state index in [1.54, 1.807) is 64.7 Å². The highest BCUT2D eigenvalue weighted by Crippen LogP contribution is 2.38. The minimum atomic E-state index is -3.61. The fourth-order valence-electron chi connectivity index (χ4n) is 4.61. The third-order valence-electron chi connectivity index (χ3n) is 6.05. The molecule has 2 bridgehead atoms. The summed E-state index contributed by atoms with van der Waals surface area (Å²) in [6.07, 6.45) is 2.43. The van der Waals surface area contributed by atoms with E-state index in [9.17, 15) is 13.2 Å². The Morgan fingerprint density at radius 3 is 2.53 bits per heavy atom. The summed E-state index contributed by atoms with van der Waals surface area (Å²) in [4.78, 5) is 13.3. The molecule has 8 heteroatoms. The van der Waals surface area contributed by atoms with Crippen LogP contribution in [0.2, 0.25) is 0 Å². The van der Waals surface area contributed by atoms with Gasteiger partial charge in [0, 0.05) is 31.2 Å². The fraction of sp³-hybridized carbons (Fsp3) is 0.318. The smallest absolute Gasteiger partial charge is 0.261 e. The molecule has 5 rings (SSSR count). The van der Waals surface area contributed by atoms with Crippen LogP contribution in [-0.4, -0.2) is 37.5 Å². The first-order chi connectivity index (χ1) is 14.5. The number of fused-ring (bicyclic) bond motifs is 4. The highest BCUT2D eigenvalue weighted by atomic mass is 32.2. The van der Waals surface area contributed by atoms with Gasteiger partial charge in [-0.05, 0) is 60.9 Å². The van der Waals surface area contributed by atoms with Crippen molar-refractivity contribution in [1.82, 2.24) is 8.87 Å². The van der Waals surface area contributed by atoms with Crippen LogP contribution in [0.4, 0.5) is 0 Å². The van der Waals surface area contributed by atoms with Gasteiger partial charge < -0.3 is 13.7 Å². The maximum atomic E-state index is 13.2. The van der Waals surface area contributed by atoms with E-state index in [1.165, 1.54) is 0 Å². The molecule has 3 aromatic rings. The van der Waals surface area contributed by atoms with Crippen molar-refractivity contribution >= 4 is 10.0 Å². The SMILES string of the molecule is COc1ccc(S(=O)(=O)N2C[C@H]3C[C@H](C2)c2ccc(-c4ccco4)c(=O)n2C3)cc1. The van der Waals surface area contributed by atoms with Crippen molar-refractivity contribution in [1.29, 1.82) is 0 Å². The topological polar surface area (TPSA) is 81.8 Å². The molecule has 0 aliphatic carbocycles. The molecule has 156 valence electrons. The van der Waals surface area contributed by atoms with Crippen LogP contribution < -0.4 is 10.3 Å². The molecule has 1 aromatic carbocycles. The molecule has 2 aromatic heterocycles. The first-order valence-corrected chi connectivity index (χ1v) is 11.3. The van der Waals surface area contributed by atoms with Gasteiger partial charge >= 0.3 is 0 Å². The Morgan fingerprint density at radius 2 is 1.83 bits per heavy atom. The van der Waals surface area contributed by atoms with E-state index in [-0.39, 0.29) is 22.3 Å². The maximum absolute atomic E-state index is 13.2. The van der Waals surface area contributed by atoms with Crippen LogP contribution in [0.1, 0.15) is 18.0 Å². The lowest BCUT2D eigenvalue weighted by atomic mass is 9.84. The molecule has 2 atom stereocenters. The highest BCUT2D eigenvalue weighted by Gasteiger charge is 2.39. The van der Waals surface area contributed by atoms with Gasteiger partial charge in [-0.1, -0.05) is 0 Å². The van der Waals surface area contributed by atoms with Crippen molar-refractivity contribution in [2.75, 3.05) is 20.2 Å². The molecule has 0 spiro atoms. The van der Waals surface area contributed by atoms with Gasteiger partial charge in [0.05, 0.1) is 23.8 Å². The molecule has 1 saturated heterocycles. The second kappa shape index (κ2) is 7.14. The third-order valence-corrected chi connectivity index (χ3v) is 7.90. The second-order valence-electron chi connectivity index (χ2n) is 7.86. The van der Waals surface area contributed by atoms with Crippen LogP contribution in [0, 0.1) is 5.92 Å². The third kappa shape index (κ3) is 3.07. The first-order valence-electron chi connectivity index (χ1n) is 9.89. The molecule has 0 amide bonds. The number of aromatic nitrogens is 1. The number of benzene rings is 1. The number of nitrogens with zero attached hydrogens (tertiary/aromatic N) is 2. The van der Waals surface area contributed by atoms with Crippen LogP contribution in [0.15, 0.2) is 68.9 Å². The predicted molar refractivity (Wildman–Crippen MR) is 111 cm³/mol. The summed E-state index contributed by atoms with van der Waals surface area (Å²) in [7, 11) is -2.06. The molecule has 30 heavy (non-hydrogen) atoms. The molecule has 0 radical (unpaired) electrons. The zero-order valence-corrected chi connectivity index (χ0v) is 17.3. The van der Waals surface area contributed by atoms with Gasteiger partial charge in [0.25, 0.3) is 5.56 Å². The van der Waals surface area contributed by atoms with Gasteiger partial charge in [-0.15, -0.1) is 0 Å². The first kappa shape index (κ1) is 19.1. The van der Waals surface area contributed by atoms with Crippen LogP contribution in [0.3, 0.4) is 0 Å². The molecule has 4 heterocycles. The Balaban J connectivity index is 1.47. The summed E-state index contributed by atoms with van der Waals surface area (Å²) in [5.74, 6) is 1.25. The lowest BCUT2D eigenvalue weighted by Gasteiger charge is -2.42. The molecule has 1 fully saturated rings. The lowest BCUT2D eigenvalue weighted by Crippen LogP contribution is -2.49. The summed E-state index contributed by atoms with van der Waals surface area (Å²) in [6.45, 7) is 1.28. The fourth-order valence-corrected chi connectivity index (χ4v) is 6.18.